The molecule has 1 radical (unpaired) electrons. The molecule has 1 fully saturated rings. The molecule has 1 aromatic carbocycles. The van der Waals surface area contributed by atoms with Crippen LogP contribution in [0, 0.1) is 17.8 Å². The Kier molecular flexibility index (Phi) is 9.03. The van der Waals surface area contributed by atoms with Crippen molar-refractivity contribution in [1.82, 2.24) is 0 Å². The van der Waals surface area contributed by atoms with Crippen molar-refractivity contribution in [3.05, 3.63) is 48.4 Å². The van der Waals surface area contributed by atoms with Gasteiger partial charge in [0.05, 0.1) is 19.8 Å². The molecule has 0 aliphatic heterocycles. The average molecular weight is 476 g/mol. The minimum Gasteiger partial charge on any atom is -0.465 e. The third-order valence-corrected chi connectivity index (χ3v) is 5.01. The molecule has 1 unspecified atom stereocenters. The minimum absolute atomic E-state index is 0. The monoisotopic (exact) mass is 476 g/mol. The number of benzene rings is 1. The first-order chi connectivity index (χ1) is 12.8. The van der Waals surface area contributed by atoms with E-state index in [1.54, 1.807) is 21.0 Å². The van der Waals surface area contributed by atoms with E-state index in [1.807, 2.05) is 37.3 Å². The van der Waals surface area contributed by atoms with Crippen LogP contribution in [0.5, 0.6) is 0 Å². The van der Waals surface area contributed by atoms with Gasteiger partial charge in [-0.15, -0.1) is 5.41 Å². The summed E-state index contributed by atoms with van der Waals surface area (Å²) in [5.74, 6) is -1.09. The number of esters is 2. The summed E-state index contributed by atoms with van der Waals surface area (Å²) in [6, 6.07) is 9.83. The summed E-state index contributed by atoms with van der Waals surface area (Å²) in [6.45, 7) is 10.5. The van der Waals surface area contributed by atoms with Crippen LogP contribution in [-0.4, -0.2) is 38.9 Å². The molecular weight excluding hydrogens is 447 g/mol. The Morgan fingerprint density at radius 2 is 1.61 bits per heavy atom. The quantitative estimate of drug-likeness (QED) is 0.259. The first-order valence-electron chi connectivity index (χ1n) is 9.29. The number of carbonyl (C=O) groups is 2. The van der Waals surface area contributed by atoms with Crippen molar-refractivity contribution in [2.75, 3.05) is 26.9 Å². The van der Waals surface area contributed by atoms with Crippen LogP contribution >= 0.6 is 0 Å². The van der Waals surface area contributed by atoms with Crippen LogP contribution in [0.3, 0.4) is 0 Å². The van der Waals surface area contributed by atoms with Crippen molar-refractivity contribution < 1.29 is 43.3 Å². The van der Waals surface area contributed by atoms with E-state index in [0.29, 0.717) is 6.61 Å². The third kappa shape index (κ3) is 4.90. The van der Waals surface area contributed by atoms with Crippen LogP contribution in [0.4, 0.5) is 0 Å². The molecular formula is C22H29O5Rh-. The molecule has 157 valence electrons. The molecule has 1 atom stereocenters. The van der Waals surface area contributed by atoms with Gasteiger partial charge in [-0.25, -0.2) is 0 Å². The molecule has 0 N–H and O–H groups in total. The minimum atomic E-state index is -1.37. The van der Waals surface area contributed by atoms with Gasteiger partial charge >= 0.3 is 11.9 Å². The van der Waals surface area contributed by atoms with Gasteiger partial charge in [-0.3, -0.25) is 9.59 Å². The Morgan fingerprint density at radius 3 is 2.07 bits per heavy atom. The van der Waals surface area contributed by atoms with E-state index in [1.165, 1.54) is 0 Å². The van der Waals surface area contributed by atoms with Crippen molar-refractivity contribution in [1.29, 1.82) is 0 Å². The maximum atomic E-state index is 12.8. The van der Waals surface area contributed by atoms with Gasteiger partial charge in [-0.2, -0.15) is 0 Å². The summed E-state index contributed by atoms with van der Waals surface area (Å²) in [4.78, 5) is 25.7. The van der Waals surface area contributed by atoms with Gasteiger partial charge in [0, 0.05) is 26.6 Å². The van der Waals surface area contributed by atoms with E-state index < -0.39 is 22.8 Å². The maximum Gasteiger partial charge on any atom is 0.323 e. The zero-order chi connectivity index (χ0) is 20.1. The Balaban J connectivity index is 0.00000392. The van der Waals surface area contributed by atoms with Crippen molar-refractivity contribution >= 4 is 17.5 Å². The van der Waals surface area contributed by atoms with Crippen LogP contribution in [0.25, 0.3) is 5.57 Å². The van der Waals surface area contributed by atoms with E-state index in [2.05, 4.69) is 6.92 Å². The van der Waals surface area contributed by atoms with Gasteiger partial charge in [-0.1, -0.05) is 42.8 Å². The van der Waals surface area contributed by atoms with Gasteiger partial charge in [0.2, 0.25) is 0 Å². The van der Waals surface area contributed by atoms with Crippen LogP contribution in [0.1, 0.15) is 39.2 Å². The first-order valence-corrected chi connectivity index (χ1v) is 9.29. The summed E-state index contributed by atoms with van der Waals surface area (Å²) < 4.78 is 16.0. The first kappa shape index (κ1) is 24.5. The second-order valence-corrected chi connectivity index (χ2v) is 7.19. The number of hydrogen-bond donors (Lipinski definition) is 0. The Labute approximate surface area is 180 Å². The zero-order valence-electron chi connectivity index (χ0n) is 17.0. The van der Waals surface area contributed by atoms with E-state index in [4.69, 9.17) is 14.2 Å². The smallest absolute Gasteiger partial charge is 0.323 e. The normalized spacial score (nSPS) is 22.2. The molecule has 5 nitrogen and oxygen atoms in total. The number of carbonyl (C=O) groups excluding carboxylic acids is 2. The van der Waals surface area contributed by atoms with Crippen molar-refractivity contribution in [2.45, 2.75) is 33.6 Å². The Morgan fingerprint density at radius 1 is 1.07 bits per heavy atom. The molecule has 2 rings (SSSR count). The maximum absolute atomic E-state index is 12.8. The fourth-order valence-corrected chi connectivity index (χ4v) is 3.86. The summed E-state index contributed by atoms with van der Waals surface area (Å²) >= 11 is 0. The molecule has 6 heteroatoms. The molecule has 0 amide bonds. The van der Waals surface area contributed by atoms with Crippen molar-refractivity contribution in [3.8, 4) is 0 Å². The number of allylic oxidation sites excluding steroid dienone is 1. The number of hydrogen-bond acceptors (Lipinski definition) is 5. The van der Waals surface area contributed by atoms with Gasteiger partial charge in [0.15, 0.2) is 5.41 Å². The summed E-state index contributed by atoms with van der Waals surface area (Å²) in [6.07, 6.45) is 0.464. The van der Waals surface area contributed by atoms with Crippen LogP contribution in [0.2, 0.25) is 0 Å². The fraction of sp³-hybridized carbons (Fsp3) is 0.500. The molecule has 1 saturated carbocycles. The molecule has 28 heavy (non-hydrogen) atoms. The molecule has 0 bridgehead atoms. The number of ether oxygens (including phenoxy) is 3. The predicted molar refractivity (Wildman–Crippen MR) is 104 cm³/mol. The van der Waals surface area contributed by atoms with Crippen molar-refractivity contribution in [3.63, 3.8) is 0 Å². The van der Waals surface area contributed by atoms with Gasteiger partial charge in [0.25, 0.3) is 0 Å². The predicted octanol–water partition coefficient (Wildman–Crippen LogP) is 3.83. The largest absolute Gasteiger partial charge is 0.465 e. The van der Waals surface area contributed by atoms with Gasteiger partial charge in [0.1, 0.15) is 0 Å². The van der Waals surface area contributed by atoms with Crippen molar-refractivity contribution in [2.24, 2.45) is 10.8 Å². The van der Waals surface area contributed by atoms with Crippen LogP contribution in [-0.2, 0) is 43.3 Å². The van der Waals surface area contributed by atoms with Crippen LogP contribution < -0.4 is 0 Å². The molecule has 1 aliphatic carbocycles. The average Bonchev–Trinajstić information content (AvgIpc) is 2.93. The number of rotatable bonds is 7. The standard InChI is InChI=1S/C22H29O5.Rh/c1-6-26-19(23)22(20(24)27-7-2)13-18(21(3,4)15-22)17(14-25-5)16-11-9-8-10-12-16;/h8-12H,3,6-7,13-15H2,1-2,4-5H3;/q-1;/b18-17-;. The Hall–Kier alpha value is -1.52. The fourth-order valence-electron chi connectivity index (χ4n) is 3.86. The second kappa shape index (κ2) is 10.3. The third-order valence-electron chi connectivity index (χ3n) is 5.01. The molecule has 1 aliphatic rings. The van der Waals surface area contributed by atoms with Gasteiger partial charge in [-0.05, 0) is 37.8 Å². The summed E-state index contributed by atoms with van der Waals surface area (Å²) in [5, 5.41) is 0. The van der Waals surface area contributed by atoms with E-state index >= 15 is 0 Å². The Bertz CT molecular complexity index is 691. The molecule has 0 aromatic heterocycles. The topological polar surface area (TPSA) is 61.8 Å². The summed E-state index contributed by atoms with van der Waals surface area (Å²) in [7, 11) is 1.63. The summed E-state index contributed by atoms with van der Waals surface area (Å²) in [5.41, 5.74) is 0.880. The van der Waals surface area contributed by atoms with E-state index in [9.17, 15) is 9.59 Å². The number of methoxy groups -OCH3 is 1. The zero-order valence-corrected chi connectivity index (χ0v) is 18.6. The second-order valence-electron chi connectivity index (χ2n) is 7.19. The SMILES string of the molecule is [CH2-]C1(C)CC(C(=O)OCC)(C(=O)OCC)C/C1=C(\COC)c1ccccc1.[Rh]. The van der Waals surface area contributed by atoms with E-state index in [-0.39, 0.29) is 45.5 Å². The van der Waals surface area contributed by atoms with Gasteiger partial charge < -0.3 is 21.1 Å². The molecule has 0 spiro atoms. The van der Waals surface area contributed by atoms with E-state index in [0.717, 1.165) is 16.7 Å². The molecule has 1 aromatic rings. The molecule has 0 heterocycles. The van der Waals surface area contributed by atoms with Crippen LogP contribution in [0.15, 0.2) is 35.9 Å². The molecule has 0 saturated heterocycles.